The number of aryl methyl sites for hydroxylation is 1. The summed E-state index contributed by atoms with van der Waals surface area (Å²) in [6.07, 6.45) is 1.08. The molecule has 2 atom stereocenters. The van der Waals surface area contributed by atoms with E-state index in [-0.39, 0.29) is 0 Å². The molecule has 1 aromatic rings. The first-order valence-electron chi connectivity index (χ1n) is 6.50. The first kappa shape index (κ1) is 13.9. The van der Waals surface area contributed by atoms with E-state index >= 15 is 0 Å². The quantitative estimate of drug-likeness (QED) is 0.891. The Morgan fingerprint density at radius 3 is 2.89 bits per heavy atom. The summed E-state index contributed by atoms with van der Waals surface area (Å²) in [5.41, 5.74) is 3.08. The number of rotatable bonds is 4. The van der Waals surface area contributed by atoms with Crippen LogP contribution in [0.25, 0.3) is 0 Å². The molecule has 0 saturated carbocycles. The van der Waals surface area contributed by atoms with Gasteiger partial charge in [0.2, 0.25) is 0 Å². The van der Waals surface area contributed by atoms with Crippen LogP contribution in [0.4, 0.5) is 0 Å². The molecule has 0 bridgehead atoms. The van der Waals surface area contributed by atoms with Crippen molar-refractivity contribution in [3.8, 4) is 0 Å². The lowest BCUT2D eigenvalue weighted by Gasteiger charge is -2.41. The molecule has 2 rings (SSSR count). The zero-order chi connectivity index (χ0) is 13.1. The summed E-state index contributed by atoms with van der Waals surface area (Å²) < 4.78 is 0. The summed E-state index contributed by atoms with van der Waals surface area (Å²) in [5, 5.41) is 9.44. The predicted octanol–water partition coefficient (Wildman–Crippen LogP) is 1.20. The SMILES string of the molecule is Cc1ncsc1CN1CC[C@H](CO)[C@H](N(C)C)C1. The van der Waals surface area contributed by atoms with E-state index < -0.39 is 0 Å². The van der Waals surface area contributed by atoms with E-state index in [1.807, 2.05) is 5.51 Å². The molecule has 1 aromatic heterocycles. The number of thiazole rings is 1. The summed E-state index contributed by atoms with van der Waals surface area (Å²) in [4.78, 5) is 10.4. The van der Waals surface area contributed by atoms with Crippen LogP contribution in [0.5, 0.6) is 0 Å². The molecule has 1 aliphatic heterocycles. The predicted molar refractivity (Wildman–Crippen MR) is 74.8 cm³/mol. The van der Waals surface area contributed by atoms with Gasteiger partial charge >= 0.3 is 0 Å². The normalized spacial score (nSPS) is 25.8. The van der Waals surface area contributed by atoms with Crippen molar-refractivity contribution in [3.63, 3.8) is 0 Å². The fraction of sp³-hybridized carbons (Fsp3) is 0.769. The number of piperidine rings is 1. The third kappa shape index (κ3) is 3.09. The summed E-state index contributed by atoms with van der Waals surface area (Å²) >= 11 is 1.74. The molecule has 1 aliphatic rings. The summed E-state index contributed by atoms with van der Waals surface area (Å²) in [7, 11) is 4.21. The Labute approximate surface area is 113 Å². The molecule has 18 heavy (non-hydrogen) atoms. The van der Waals surface area contributed by atoms with E-state index in [1.165, 1.54) is 4.88 Å². The van der Waals surface area contributed by atoms with E-state index in [0.717, 1.165) is 31.7 Å². The van der Waals surface area contributed by atoms with Crippen molar-refractivity contribution < 1.29 is 5.11 Å². The number of likely N-dealkylation sites (N-methyl/N-ethyl adjacent to an activating group) is 1. The maximum Gasteiger partial charge on any atom is 0.0798 e. The lowest BCUT2D eigenvalue weighted by molar-refractivity contribution is 0.0464. The zero-order valence-electron chi connectivity index (χ0n) is 11.5. The van der Waals surface area contributed by atoms with Crippen LogP contribution in [0.3, 0.4) is 0 Å². The van der Waals surface area contributed by atoms with Crippen LogP contribution in [-0.2, 0) is 6.54 Å². The van der Waals surface area contributed by atoms with Gasteiger partial charge in [-0.05, 0) is 39.9 Å². The smallest absolute Gasteiger partial charge is 0.0798 e. The van der Waals surface area contributed by atoms with Crippen LogP contribution in [0, 0.1) is 12.8 Å². The maximum atomic E-state index is 9.44. The molecule has 2 heterocycles. The minimum atomic E-state index is 0.302. The van der Waals surface area contributed by atoms with Crippen LogP contribution in [0.15, 0.2) is 5.51 Å². The van der Waals surface area contributed by atoms with Crippen LogP contribution >= 0.6 is 11.3 Å². The first-order valence-corrected chi connectivity index (χ1v) is 7.38. The van der Waals surface area contributed by atoms with Crippen molar-refractivity contribution in [1.29, 1.82) is 0 Å². The van der Waals surface area contributed by atoms with Gasteiger partial charge in [-0.25, -0.2) is 4.98 Å². The van der Waals surface area contributed by atoms with Gasteiger partial charge in [-0.15, -0.1) is 11.3 Å². The van der Waals surface area contributed by atoms with E-state index in [2.05, 4.69) is 35.8 Å². The van der Waals surface area contributed by atoms with E-state index in [4.69, 9.17) is 0 Å². The number of aliphatic hydroxyl groups excluding tert-OH is 1. The lowest BCUT2D eigenvalue weighted by Crippen LogP contribution is -2.51. The Morgan fingerprint density at radius 2 is 2.33 bits per heavy atom. The van der Waals surface area contributed by atoms with Crippen LogP contribution in [-0.4, -0.2) is 59.7 Å². The van der Waals surface area contributed by atoms with Crippen LogP contribution in [0.1, 0.15) is 17.0 Å². The molecular formula is C13H23N3OS. The number of likely N-dealkylation sites (tertiary alicyclic amines) is 1. The van der Waals surface area contributed by atoms with Gasteiger partial charge in [0.1, 0.15) is 0 Å². The van der Waals surface area contributed by atoms with E-state index in [0.29, 0.717) is 18.6 Å². The Morgan fingerprint density at radius 1 is 1.56 bits per heavy atom. The van der Waals surface area contributed by atoms with Crippen LogP contribution < -0.4 is 0 Å². The fourth-order valence-electron chi connectivity index (χ4n) is 2.67. The standard InChI is InChI=1S/C13H23N3OS/c1-10-13(18-9-14-10)7-16-5-4-11(8-17)12(6-16)15(2)3/h9,11-12,17H,4-8H2,1-3H3/t11-,12-/m1/s1. The molecular weight excluding hydrogens is 246 g/mol. The Bertz CT molecular complexity index is 380. The second kappa shape index (κ2) is 6.10. The van der Waals surface area contributed by atoms with Gasteiger partial charge < -0.3 is 10.0 Å². The number of aliphatic hydroxyl groups is 1. The second-order valence-corrected chi connectivity index (χ2v) is 6.30. The monoisotopic (exact) mass is 269 g/mol. The highest BCUT2D eigenvalue weighted by Gasteiger charge is 2.30. The Hall–Kier alpha value is -0.490. The number of nitrogens with zero attached hydrogens (tertiary/aromatic N) is 3. The van der Waals surface area contributed by atoms with E-state index in [9.17, 15) is 5.11 Å². The average Bonchev–Trinajstić information content (AvgIpc) is 2.75. The molecule has 0 spiro atoms. The highest BCUT2D eigenvalue weighted by Crippen LogP contribution is 2.23. The molecule has 1 N–H and O–H groups in total. The Kier molecular flexibility index (Phi) is 4.72. The minimum Gasteiger partial charge on any atom is -0.396 e. The fourth-order valence-corrected chi connectivity index (χ4v) is 3.49. The lowest BCUT2D eigenvalue weighted by atomic mass is 9.91. The third-order valence-corrected chi connectivity index (χ3v) is 4.84. The molecule has 1 fully saturated rings. The molecule has 0 aliphatic carbocycles. The topological polar surface area (TPSA) is 39.6 Å². The Balaban J connectivity index is 1.98. The van der Waals surface area contributed by atoms with Crippen molar-refractivity contribution in [3.05, 3.63) is 16.1 Å². The maximum absolute atomic E-state index is 9.44. The second-order valence-electron chi connectivity index (χ2n) is 5.36. The van der Waals surface area contributed by atoms with Gasteiger partial charge in [-0.3, -0.25) is 4.90 Å². The summed E-state index contributed by atoms with van der Waals surface area (Å²) in [6.45, 7) is 5.49. The summed E-state index contributed by atoms with van der Waals surface area (Å²) in [6, 6.07) is 0.456. The zero-order valence-corrected chi connectivity index (χ0v) is 12.3. The third-order valence-electron chi connectivity index (χ3n) is 3.92. The average molecular weight is 269 g/mol. The summed E-state index contributed by atoms with van der Waals surface area (Å²) in [5.74, 6) is 0.416. The molecule has 1 saturated heterocycles. The number of hydrogen-bond acceptors (Lipinski definition) is 5. The molecule has 0 amide bonds. The first-order chi connectivity index (χ1) is 8.61. The molecule has 0 unspecified atom stereocenters. The number of hydrogen-bond donors (Lipinski definition) is 1. The molecule has 5 heteroatoms. The van der Waals surface area contributed by atoms with Gasteiger partial charge in [-0.2, -0.15) is 0 Å². The van der Waals surface area contributed by atoms with E-state index in [1.54, 1.807) is 11.3 Å². The van der Waals surface area contributed by atoms with Gasteiger partial charge in [0.15, 0.2) is 0 Å². The minimum absolute atomic E-state index is 0.302. The van der Waals surface area contributed by atoms with Crippen molar-refractivity contribution in [2.45, 2.75) is 25.9 Å². The largest absolute Gasteiger partial charge is 0.396 e. The highest BCUT2D eigenvalue weighted by atomic mass is 32.1. The molecule has 102 valence electrons. The van der Waals surface area contributed by atoms with Crippen molar-refractivity contribution in [2.75, 3.05) is 33.8 Å². The van der Waals surface area contributed by atoms with Gasteiger partial charge in [0.05, 0.1) is 11.2 Å². The van der Waals surface area contributed by atoms with Gasteiger partial charge in [0.25, 0.3) is 0 Å². The number of aromatic nitrogens is 1. The molecule has 0 radical (unpaired) electrons. The van der Waals surface area contributed by atoms with Crippen molar-refractivity contribution in [1.82, 2.24) is 14.8 Å². The van der Waals surface area contributed by atoms with Gasteiger partial charge in [-0.1, -0.05) is 0 Å². The highest BCUT2D eigenvalue weighted by molar-refractivity contribution is 7.09. The van der Waals surface area contributed by atoms with Gasteiger partial charge in [0, 0.05) is 30.6 Å². The van der Waals surface area contributed by atoms with Crippen molar-refractivity contribution in [2.24, 2.45) is 5.92 Å². The molecule has 0 aromatic carbocycles. The molecule has 4 nitrogen and oxygen atoms in total. The van der Waals surface area contributed by atoms with Crippen molar-refractivity contribution >= 4 is 11.3 Å². The van der Waals surface area contributed by atoms with Crippen LogP contribution in [0.2, 0.25) is 0 Å².